The molecule has 8 heteroatoms. The number of ether oxygens (including phenoxy) is 2. The van der Waals surface area contributed by atoms with E-state index in [-0.39, 0.29) is 5.56 Å². The fourth-order valence-electron chi connectivity index (χ4n) is 3.27. The number of rotatable bonds is 11. The van der Waals surface area contributed by atoms with Gasteiger partial charge in [-0.25, -0.2) is 4.79 Å². The fraction of sp³-hybridized carbons (Fsp3) is 0.200. The van der Waals surface area contributed by atoms with E-state index in [0.717, 1.165) is 16.8 Å². The molecule has 0 fully saturated rings. The van der Waals surface area contributed by atoms with Crippen LogP contribution in [0.2, 0.25) is 5.02 Å². The number of carbonyl (C=O) groups is 1. The molecular formula is C25H23ClN2O5. The monoisotopic (exact) mass is 466 g/mol. The summed E-state index contributed by atoms with van der Waals surface area (Å²) in [5.41, 5.74) is 1.70. The van der Waals surface area contributed by atoms with E-state index in [2.05, 4.69) is 4.98 Å². The van der Waals surface area contributed by atoms with Crippen LogP contribution >= 0.6 is 11.6 Å². The van der Waals surface area contributed by atoms with Gasteiger partial charge in [0.05, 0.1) is 18.7 Å². The summed E-state index contributed by atoms with van der Waals surface area (Å²) in [6, 6.07) is 21.8. The van der Waals surface area contributed by atoms with Gasteiger partial charge in [-0.3, -0.25) is 0 Å². The second kappa shape index (κ2) is 10.7. The summed E-state index contributed by atoms with van der Waals surface area (Å²) < 4.78 is 17.5. The Hall–Kier alpha value is -3.71. The van der Waals surface area contributed by atoms with Crippen molar-refractivity contribution in [3.05, 3.63) is 83.4 Å². The van der Waals surface area contributed by atoms with Gasteiger partial charge in [0.1, 0.15) is 23.6 Å². The van der Waals surface area contributed by atoms with Crippen molar-refractivity contribution < 1.29 is 23.8 Å². The van der Waals surface area contributed by atoms with Crippen molar-refractivity contribution >= 4 is 34.7 Å². The van der Waals surface area contributed by atoms with E-state index in [9.17, 15) is 4.79 Å². The summed E-state index contributed by atoms with van der Waals surface area (Å²) in [6.07, 6.45) is 0.678. The molecule has 33 heavy (non-hydrogen) atoms. The first kappa shape index (κ1) is 22.5. The van der Waals surface area contributed by atoms with E-state index in [0.29, 0.717) is 49.5 Å². The smallest absolute Gasteiger partial charge is 0.335 e. The maximum absolute atomic E-state index is 11.1. The average Bonchev–Trinajstić information content (AvgIpc) is 3.26. The zero-order chi connectivity index (χ0) is 23.0. The molecule has 0 aliphatic heterocycles. The minimum atomic E-state index is -0.983. The van der Waals surface area contributed by atoms with E-state index in [1.807, 2.05) is 41.3 Å². The number of para-hydroxylation sites is 2. The number of carboxylic acids is 1. The Balaban J connectivity index is 1.37. The Kier molecular flexibility index (Phi) is 7.32. The van der Waals surface area contributed by atoms with Gasteiger partial charge < -0.3 is 23.9 Å². The lowest BCUT2D eigenvalue weighted by molar-refractivity contribution is 0.0696. The minimum absolute atomic E-state index is 0.194. The molecule has 0 radical (unpaired) electrons. The number of aromatic carboxylic acids is 1. The molecule has 0 unspecified atom stereocenters. The van der Waals surface area contributed by atoms with Crippen molar-refractivity contribution in [1.82, 2.24) is 4.98 Å². The van der Waals surface area contributed by atoms with E-state index < -0.39 is 5.97 Å². The highest BCUT2D eigenvalue weighted by molar-refractivity contribution is 6.30. The van der Waals surface area contributed by atoms with Crippen LogP contribution in [-0.2, 0) is 0 Å². The number of hydrogen-bond donors (Lipinski definition) is 1. The van der Waals surface area contributed by atoms with Crippen LogP contribution in [0.5, 0.6) is 11.5 Å². The van der Waals surface area contributed by atoms with Gasteiger partial charge in [0.25, 0.3) is 6.01 Å². The minimum Gasteiger partial charge on any atom is -0.494 e. The van der Waals surface area contributed by atoms with Gasteiger partial charge in [-0.15, -0.1) is 0 Å². The molecule has 0 aliphatic carbocycles. The summed E-state index contributed by atoms with van der Waals surface area (Å²) >= 11 is 5.93. The third kappa shape index (κ3) is 6.17. The van der Waals surface area contributed by atoms with E-state index in [4.69, 9.17) is 30.6 Å². The first-order valence-electron chi connectivity index (χ1n) is 10.5. The normalized spacial score (nSPS) is 10.8. The lowest BCUT2D eigenvalue weighted by atomic mass is 10.2. The molecule has 1 N–H and O–H groups in total. The third-order valence-electron chi connectivity index (χ3n) is 4.92. The van der Waals surface area contributed by atoms with Crippen LogP contribution in [0.15, 0.2) is 77.2 Å². The average molecular weight is 467 g/mol. The number of oxazole rings is 1. The number of carboxylic acid groups (broad SMARTS) is 1. The van der Waals surface area contributed by atoms with Crippen molar-refractivity contribution in [2.75, 3.05) is 31.2 Å². The molecule has 4 aromatic rings. The zero-order valence-corrected chi connectivity index (χ0v) is 18.6. The fourth-order valence-corrected chi connectivity index (χ4v) is 3.39. The number of fused-ring (bicyclic) bond motifs is 1. The Labute approximate surface area is 196 Å². The lowest BCUT2D eigenvalue weighted by Crippen LogP contribution is -2.30. The molecule has 0 atom stereocenters. The molecule has 0 saturated carbocycles. The molecule has 0 bridgehead atoms. The molecule has 0 amide bonds. The molecule has 170 valence electrons. The summed E-state index contributed by atoms with van der Waals surface area (Å²) in [7, 11) is 0. The van der Waals surface area contributed by atoms with E-state index in [1.54, 1.807) is 24.3 Å². The van der Waals surface area contributed by atoms with Crippen LogP contribution < -0.4 is 14.4 Å². The topological polar surface area (TPSA) is 85.0 Å². The highest BCUT2D eigenvalue weighted by atomic mass is 35.5. The summed E-state index contributed by atoms with van der Waals surface area (Å²) in [4.78, 5) is 17.7. The highest BCUT2D eigenvalue weighted by Gasteiger charge is 2.14. The Bertz CT molecular complexity index is 1180. The maximum atomic E-state index is 11.1. The van der Waals surface area contributed by atoms with Crippen molar-refractivity contribution in [1.29, 1.82) is 0 Å². The van der Waals surface area contributed by atoms with Crippen LogP contribution in [0.1, 0.15) is 16.8 Å². The first-order chi connectivity index (χ1) is 16.1. The predicted molar refractivity (Wildman–Crippen MR) is 127 cm³/mol. The van der Waals surface area contributed by atoms with Crippen molar-refractivity contribution in [2.45, 2.75) is 6.42 Å². The number of hydrogen-bond acceptors (Lipinski definition) is 6. The molecule has 0 spiro atoms. The number of aromatic nitrogens is 1. The summed E-state index contributed by atoms with van der Waals surface area (Å²) in [5, 5.41) is 9.78. The Morgan fingerprint density at radius 2 is 1.73 bits per heavy atom. The molecule has 0 aliphatic rings. The Morgan fingerprint density at radius 1 is 0.939 bits per heavy atom. The SMILES string of the molecule is O=C(O)c1cccc(OCCCN(CCOc2ccc(Cl)cc2)c2nc3ccccc3o2)c1. The van der Waals surface area contributed by atoms with Crippen LogP contribution in [0.25, 0.3) is 11.1 Å². The summed E-state index contributed by atoms with van der Waals surface area (Å²) in [5.74, 6) is 0.274. The van der Waals surface area contributed by atoms with Crippen molar-refractivity contribution in [3.8, 4) is 11.5 Å². The zero-order valence-electron chi connectivity index (χ0n) is 17.8. The van der Waals surface area contributed by atoms with Gasteiger partial charge >= 0.3 is 5.97 Å². The highest BCUT2D eigenvalue weighted by Crippen LogP contribution is 2.22. The number of anilines is 1. The molecular weight excluding hydrogens is 444 g/mol. The number of halogens is 1. The lowest BCUT2D eigenvalue weighted by Gasteiger charge is -2.21. The second-order valence-corrected chi connectivity index (χ2v) is 7.73. The Morgan fingerprint density at radius 3 is 2.52 bits per heavy atom. The molecule has 1 heterocycles. The van der Waals surface area contributed by atoms with Crippen LogP contribution in [0.4, 0.5) is 6.01 Å². The van der Waals surface area contributed by atoms with Gasteiger partial charge in [-0.2, -0.15) is 4.98 Å². The van der Waals surface area contributed by atoms with Gasteiger partial charge in [0.15, 0.2) is 5.58 Å². The summed E-state index contributed by atoms with van der Waals surface area (Å²) in [6.45, 7) is 2.03. The second-order valence-electron chi connectivity index (χ2n) is 7.29. The largest absolute Gasteiger partial charge is 0.494 e. The maximum Gasteiger partial charge on any atom is 0.335 e. The van der Waals surface area contributed by atoms with Crippen LogP contribution in [0.3, 0.4) is 0 Å². The van der Waals surface area contributed by atoms with Crippen LogP contribution in [0, 0.1) is 0 Å². The standard InChI is InChI=1S/C25H23ClN2O5/c26-19-9-11-20(12-10-19)32-16-14-28(25-27-22-7-1-2-8-23(22)33-25)13-4-15-31-21-6-3-5-18(17-21)24(29)30/h1-3,5-12,17H,4,13-16H2,(H,29,30). The molecule has 7 nitrogen and oxygen atoms in total. The van der Waals surface area contributed by atoms with Crippen molar-refractivity contribution in [2.24, 2.45) is 0 Å². The molecule has 0 saturated heterocycles. The van der Waals surface area contributed by atoms with Gasteiger partial charge in [0.2, 0.25) is 0 Å². The van der Waals surface area contributed by atoms with Gasteiger partial charge in [-0.1, -0.05) is 29.8 Å². The van der Waals surface area contributed by atoms with Gasteiger partial charge in [-0.05, 0) is 61.0 Å². The van der Waals surface area contributed by atoms with E-state index >= 15 is 0 Å². The third-order valence-corrected chi connectivity index (χ3v) is 5.17. The molecule has 4 rings (SSSR count). The van der Waals surface area contributed by atoms with Gasteiger partial charge in [0, 0.05) is 11.6 Å². The number of benzene rings is 3. The predicted octanol–water partition coefficient (Wildman–Crippen LogP) is 5.53. The molecule has 3 aromatic carbocycles. The van der Waals surface area contributed by atoms with Crippen LogP contribution in [-0.4, -0.2) is 42.4 Å². The quantitative estimate of drug-likeness (QED) is 0.291. The molecule has 1 aromatic heterocycles. The van der Waals surface area contributed by atoms with Crippen molar-refractivity contribution in [3.63, 3.8) is 0 Å². The van der Waals surface area contributed by atoms with E-state index in [1.165, 1.54) is 12.1 Å². The first-order valence-corrected chi connectivity index (χ1v) is 10.9. The number of nitrogens with zero attached hydrogens (tertiary/aromatic N) is 2.